The van der Waals surface area contributed by atoms with Crippen LogP contribution in [0.1, 0.15) is 32.6 Å². The van der Waals surface area contributed by atoms with Crippen molar-refractivity contribution in [2.75, 3.05) is 26.2 Å². The Kier molecular flexibility index (Phi) is 3.50. The Morgan fingerprint density at radius 1 is 1.50 bits per heavy atom. The summed E-state index contributed by atoms with van der Waals surface area (Å²) in [5.41, 5.74) is 5.10. The molecule has 0 aromatic carbocycles. The molecule has 0 radical (unpaired) electrons. The average Bonchev–Trinajstić information content (AvgIpc) is 2.77. The number of amides is 1. The van der Waals surface area contributed by atoms with Crippen molar-refractivity contribution in [1.29, 1.82) is 0 Å². The van der Waals surface area contributed by atoms with Gasteiger partial charge in [0.05, 0.1) is 0 Å². The number of nitrogens with two attached hydrogens (primary N) is 1. The van der Waals surface area contributed by atoms with Crippen LogP contribution in [0.3, 0.4) is 0 Å². The molecular formula is C12H22N2O2. The van der Waals surface area contributed by atoms with Crippen molar-refractivity contribution in [2.24, 2.45) is 11.7 Å². The van der Waals surface area contributed by atoms with Gasteiger partial charge in [0.15, 0.2) is 0 Å². The monoisotopic (exact) mass is 226 g/mol. The third-order valence-electron chi connectivity index (χ3n) is 3.91. The zero-order valence-corrected chi connectivity index (χ0v) is 10.1. The molecule has 16 heavy (non-hydrogen) atoms. The minimum Gasteiger partial charge on any atom is -0.365 e. The van der Waals surface area contributed by atoms with Gasteiger partial charge in [0.1, 0.15) is 5.60 Å². The topological polar surface area (TPSA) is 55.6 Å². The largest absolute Gasteiger partial charge is 0.365 e. The number of hydrogen-bond donors (Lipinski definition) is 1. The van der Waals surface area contributed by atoms with Gasteiger partial charge in [-0.3, -0.25) is 4.79 Å². The van der Waals surface area contributed by atoms with Gasteiger partial charge in [-0.2, -0.15) is 0 Å². The first-order valence-corrected chi connectivity index (χ1v) is 6.29. The SMILES string of the molecule is CC1(C(=O)N2CCC(CN)CC2)CCCO1. The molecule has 0 spiro atoms. The highest BCUT2D eigenvalue weighted by atomic mass is 16.5. The summed E-state index contributed by atoms with van der Waals surface area (Å²) in [6.45, 7) is 5.09. The standard InChI is InChI=1S/C12H22N2O2/c1-12(5-2-8-16-12)11(15)14-6-3-10(9-13)4-7-14/h10H,2-9,13H2,1H3. The lowest BCUT2D eigenvalue weighted by Gasteiger charge is -2.36. The van der Waals surface area contributed by atoms with Crippen LogP contribution in [0.5, 0.6) is 0 Å². The first-order valence-electron chi connectivity index (χ1n) is 6.29. The highest BCUT2D eigenvalue weighted by Gasteiger charge is 2.41. The second-order valence-corrected chi connectivity index (χ2v) is 5.15. The van der Waals surface area contributed by atoms with Gasteiger partial charge in [-0.05, 0) is 45.1 Å². The molecule has 2 N–H and O–H groups in total. The summed E-state index contributed by atoms with van der Waals surface area (Å²) >= 11 is 0. The smallest absolute Gasteiger partial charge is 0.254 e. The third kappa shape index (κ3) is 2.23. The van der Waals surface area contributed by atoms with E-state index in [0.717, 1.165) is 51.9 Å². The molecule has 2 fully saturated rings. The molecule has 2 heterocycles. The predicted octanol–water partition coefficient (Wildman–Crippen LogP) is 0.753. The van der Waals surface area contributed by atoms with E-state index in [2.05, 4.69) is 0 Å². The summed E-state index contributed by atoms with van der Waals surface area (Å²) in [4.78, 5) is 14.2. The summed E-state index contributed by atoms with van der Waals surface area (Å²) in [6.07, 6.45) is 3.95. The van der Waals surface area contributed by atoms with Crippen LogP contribution in [-0.4, -0.2) is 42.6 Å². The van der Waals surface area contributed by atoms with Crippen molar-refractivity contribution in [3.8, 4) is 0 Å². The molecule has 2 rings (SSSR count). The first kappa shape index (κ1) is 11.9. The molecule has 0 saturated carbocycles. The van der Waals surface area contributed by atoms with Crippen LogP contribution in [0, 0.1) is 5.92 Å². The fraction of sp³-hybridized carbons (Fsp3) is 0.917. The highest BCUT2D eigenvalue weighted by Crippen LogP contribution is 2.29. The van der Waals surface area contributed by atoms with Crippen molar-refractivity contribution in [2.45, 2.75) is 38.2 Å². The molecule has 2 saturated heterocycles. The molecule has 4 heteroatoms. The van der Waals surface area contributed by atoms with E-state index in [1.165, 1.54) is 0 Å². The quantitative estimate of drug-likeness (QED) is 0.756. The molecule has 1 unspecified atom stereocenters. The van der Waals surface area contributed by atoms with Crippen molar-refractivity contribution in [1.82, 2.24) is 4.90 Å². The summed E-state index contributed by atoms with van der Waals surface area (Å²) in [7, 11) is 0. The van der Waals surface area contributed by atoms with Crippen LogP contribution >= 0.6 is 0 Å². The predicted molar refractivity (Wildman–Crippen MR) is 61.9 cm³/mol. The zero-order chi connectivity index (χ0) is 11.6. The number of carbonyl (C=O) groups excluding carboxylic acids is 1. The fourth-order valence-corrected chi connectivity index (χ4v) is 2.65. The van der Waals surface area contributed by atoms with Crippen LogP contribution in [0.25, 0.3) is 0 Å². The maximum absolute atomic E-state index is 12.3. The van der Waals surface area contributed by atoms with Crippen LogP contribution < -0.4 is 5.73 Å². The number of likely N-dealkylation sites (tertiary alicyclic amines) is 1. The molecule has 1 amide bonds. The Morgan fingerprint density at radius 2 is 2.19 bits per heavy atom. The Morgan fingerprint density at radius 3 is 2.69 bits per heavy atom. The van der Waals surface area contributed by atoms with E-state index in [1.807, 2.05) is 11.8 Å². The van der Waals surface area contributed by atoms with Gasteiger partial charge in [0.25, 0.3) is 5.91 Å². The van der Waals surface area contributed by atoms with Crippen LogP contribution in [0.4, 0.5) is 0 Å². The van der Waals surface area contributed by atoms with Gasteiger partial charge in [-0.15, -0.1) is 0 Å². The maximum Gasteiger partial charge on any atom is 0.254 e. The van der Waals surface area contributed by atoms with Gasteiger partial charge >= 0.3 is 0 Å². The molecule has 0 aromatic heterocycles. The highest BCUT2D eigenvalue weighted by molar-refractivity contribution is 5.85. The van der Waals surface area contributed by atoms with Crippen LogP contribution in [0.2, 0.25) is 0 Å². The van der Waals surface area contributed by atoms with E-state index in [0.29, 0.717) is 5.92 Å². The molecule has 0 aliphatic carbocycles. The van der Waals surface area contributed by atoms with E-state index in [4.69, 9.17) is 10.5 Å². The molecule has 4 nitrogen and oxygen atoms in total. The Bertz CT molecular complexity index is 254. The maximum atomic E-state index is 12.3. The zero-order valence-electron chi connectivity index (χ0n) is 10.1. The van der Waals surface area contributed by atoms with Crippen LogP contribution in [-0.2, 0) is 9.53 Å². The number of carbonyl (C=O) groups is 1. The number of nitrogens with zero attached hydrogens (tertiary/aromatic N) is 1. The van der Waals surface area contributed by atoms with Gasteiger partial charge in [-0.25, -0.2) is 0 Å². The minimum absolute atomic E-state index is 0.181. The Hall–Kier alpha value is -0.610. The molecule has 1 atom stereocenters. The Balaban J connectivity index is 1.91. The summed E-state index contributed by atoms with van der Waals surface area (Å²) in [5, 5.41) is 0. The molecule has 2 aliphatic rings. The number of ether oxygens (including phenoxy) is 1. The van der Waals surface area contributed by atoms with E-state index in [9.17, 15) is 4.79 Å². The van der Waals surface area contributed by atoms with Crippen molar-refractivity contribution >= 4 is 5.91 Å². The Labute approximate surface area is 97.1 Å². The molecule has 2 aliphatic heterocycles. The normalized spacial score (nSPS) is 32.0. The molecule has 92 valence electrons. The second kappa shape index (κ2) is 4.72. The lowest BCUT2D eigenvalue weighted by Crippen LogP contribution is -2.50. The second-order valence-electron chi connectivity index (χ2n) is 5.15. The van der Waals surface area contributed by atoms with Gasteiger partial charge in [0, 0.05) is 19.7 Å². The number of rotatable bonds is 2. The van der Waals surface area contributed by atoms with Crippen molar-refractivity contribution in [3.63, 3.8) is 0 Å². The number of piperidine rings is 1. The average molecular weight is 226 g/mol. The fourth-order valence-electron chi connectivity index (χ4n) is 2.65. The summed E-state index contributed by atoms with van der Waals surface area (Å²) in [5.74, 6) is 0.779. The third-order valence-corrected chi connectivity index (χ3v) is 3.91. The van der Waals surface area contributed by atoms with Crippen molar-refractivity contribution in [3.05, 3.63) is 0 Å². The van der Waals surface area contributed by atoms with Crippen molar-refractivity contribution < 1.29 is 9.53 Å². The van der Waals surface area contributed by atoms with Gasteiger partial charge in [0.2, 0.25) is 0 Å². The molecule has 0 aromatic rings. The molecule has 0 bridgehead atoms. The summed E-state index contributed by atoms with van der Waals surface area (Å²) < 4.78 is 5.59. The van der Waals surface area contributed by atoms with E-state index in [1.54, 1.807) is 0 Å². The van der Waals surface area contributed by atoms with E-state index < -0.39 is 5.60 Å². The van der Waals surface area contributed by atoms with Gasteiger partial charge in [-0.1, -0.05) is 0 Å². The van der Waals surface area contributed by atoms with E-state index >= 15 is 0 Å². The lowest BCUT2D eigenvalue weighted by molar-refractivity contribution is -0.152. The summed E-state index contributed by atoms with van der Waals surface area (Å²) in [6, 6.07) is 0. The minimum atomic E-state index is -0.546. The van der Waals surface area contributed by atoms with E-state index in [-0.39, 0.29) is 5.91 Å². The van der Waals surface area contributed by atoms with Gasteiger partial charge < -0.3 is 15.4 Å². The lowest BCUT2D eigenvalue weighted by atomic mass is 9.94. The first-order chi connectivity index (χ1) is 7.65. The number of hydrogen-bond acceptors (Lipinski definition) is 3. The van der Waals surface area contributed by atoms with Crippen LogP contribution in [0.15, 0.2) is 0 Å². The molecular weight excluding hydrogens is 204 g/mol.